The van der Waals surface area contributed by atoms with Gasteiger partial charge in [-0.2, -0.15) is 0 Å². The van der Waals surface area contributed by atoms with Crippen molar-refractivity contribution in [2.45, 2.75) is 13.0 Å². The molecule has 0 saturated heterocycles. The molecule has 4 heterocycles. The maximum atomic E-state index is 14.6. The third-order valence-electron chi connectivity index (χ3n) is 7.29. The maximum Gasteiger partial charge on any atom is 0.263 e. The summed E-state index contributed by atoms with van der Waals surface area (Å²) in [5, 5.41) is 5.14. The fourth-order valence-electron chi connectivity index (χ4n) is 5.40. The Kier molecular flexibility index (Phi) is 6.21. The van der Waals surface area contributed by atoms with Crippen LogP contribution in [0.15, 0.2) is 107 Å². The molecule has 4 aromatic heterocycles. The van der Waals surface area contributed by atoms with Crippen molar-refractivity contribution in [3.05, 3.63) is 129 Å². The summed E-state index contributed by atoms with van der Waals surface area (Å²) in [5.41, 5.74) is 4.17. The smallest absolute Gasteiger partial charge is 0.263 e. The summed E-state index contributed by atoms with van der Waals surface area (Å²) in [7, 11) is 0. The largest absolute Gasteiger partial charge is 0.361 e. The number of hydrogen-bond acceptors (Lipinski definition) is 7. The Morgan fingerprint density at radius 2 is 1.67 bits per heavy atom. The lowest BCUT2D eigenvalue weighted by atomic mass is 9.97. The molecule has 0 fully saturated rings. The predicted octanol–water partition coefficient (Wildman–Crippen LogP) is 6.06. The molecule has 0 amide bonds. The van der Waals surface area contributed by atoms with E-state index in [2.05, 4.69) is 30.2 Å². The number of hydrogen-bond donors (Lipinski definition) is 2. The van der Waals surface area contributed by atoms with Crippen LogP contribution in [0.3, 0.4) is 0 Å². The van der Waals surface area contributed by atoms with Gasteiger partial charge in [-0.25, -0.2) is 9.97 Å². The van der Waals surface area contributed by atoms with Gasteiger partial charge in [-0.05, 0) is 42.3 Å². The molecule has 10 heteroatoms. The van der Waals surface area contributed by atoms with Crippen LogP contribution in [0.25, 0.3) is 49.7 Å². The second kappa shape index (κ2) is 10.2. The van der Waals surface area contributed by atoms with Gasteiger partial charge in [-0.1, -0.05) is 54.1 Å². The second-order valence-electron chi connectivity index (χ2n) is 9.82. The minimum atomic E-state index is -0.535. The standard InChI is InChI=1S/C32H22ClN7O2/c1-18(39-31-27-25(41)12-13-36-30(27)37-17-38-31)29-28(33)22-9-5-8-21(19-10-11-23-24(16-19)35-15-14-34-23)26(22)32(42)40(29)20-6-3-2-4-7-20/h2-18H,1H3,(H2,36,37,38,39,41)/t18-/m0/s1. The minimum Gasteiger partial charge on any atom is -0.361 e. The summed E-state index contributed by atoms with van der Waals surface area (Å²) < 4.78 is 1.63. The Labute approximate surface area is 243 Å². The van der Waals surface area contributed by atoms with Gasteiger partial charge in [-0.15, -0.1) is 0 Å². The number of aromatic amines is 1. The van der Waals surface area contributed by atoms with Crippen LogP contribution in [-0.2, 0) is 0 Å². The van der Waals surface area contributed by atoms with Gasteiger partial charge < -0.3 is 10.3 Å². The van der Waals surface area contributed by atoms with Gasteiger partial charge >= 0.3 is 0 Å². The number of anilines is 1. The van der Waals surface area contributed by atoms with E-state index in [1.807, 2.05) is 73.7 Å². The van der Waals surface area contributed by atoms with Crippen LogP contribution in [-0.4, -0.2) is 29.5 Å². The molecule has 9 nitrogen and oxygen atoms in total. The first-order valence-corrected chi connectivity index (χ1v) is 13.6. The maximum absolute atomic E-state index is 14.6. The van der Waals surface area contributed by atoms with Gasteiger partial charge in [0.2, 0.25) is 0 Å². The van der Waals surface area contributed by atoms with Crippen molar-refractivity contribution in [3.8, 4) is 16.8 Å². The highest BCUT2D eigenvalue weighted by Crippen LogP contribution is 2.37. The Bertz CT molecular complexity index is 2260. The van der Waals surface area contributed by atoms with E-state index in [1.54, 1.807) is 17.0 Å². The summed E-state index contributed by atoms with van der Waals surface area (Å²) >= 11 is 7.21. The van der Waals surface area contributed by atoms with Crippen LogP contribution in [0.2, 0.25) is 5.02 Å². The second-order valence-corrected chi connectivity index (χ2v) is 10.2. The van der Waals surface area contributed by atoms with E-state index in [0.717, 1.165) is 22.2 Å². The lowest BCUT2D eigenvalue weighted by Crippen LogP contribution is -2.27. The molecule has 0 saturated carbocycles. The van der Waals surface area contributed by atoms with E-state index in [0.29, 0.717) is 44.0 Å². The monoisotopic (exact) mass is 571 g/mol. The van der Waals surface area contributed by atoms with E-state index in [-0.39, 0.29) is 11.0 Å². The van der Waals surface area contributed by atoms with Gasteiger partial charge in [0.05, 0.1) is 33.2 Å². The number of H-pyrrole nitrogens is 1. The molecule has 0 aliphatic heterocycles. The molecule has 7 rings (SSSR count). The fraction of sp³-hybridized carbons (Fsp3) is 0.0625. The predicted molar refractivity (Wildman–Crippen MR) is 165 cm³/mol. The third-order valence-corrected chi connectivity index (χ3v) is 7.69. The van der Waals surface area contributed by atoms with Gasteiger partial charge in [0.15, 0.2) is 5.43 Å². The van der Waals surface area contributed by atoms with Gasteiger partial charge in [0.1, 0.15) is 23.2 Å². The first-order chi connectivity index (χ1) is 20.5. The number of fused-ring (bicyclic) bond motifs is 3. The first kappa shape index (κ1) is 25.6. The third kappa shape index (κ3) is 4.18. The van der Waals surface area contributed by atoms with E-state index >= 15 is 0 Å². The molecular formula is C32H22ClN7O2. The lowest BCUT2D eigenvalue weighted by Gasteiger charge is -2.24. The molecular weight excluding hydrogens is 550 g/mol. The molecule has 2 N–H and O–H groups in total. The quantitative estimate of drug-likeness (QED) is 0.258. The van der Waals surface area contributed by atoms with E-state index in [9.17, 15) is 9.59 Å². The fourth-order valence-corrected chi connectivity index (χ4v) is 5.81. The molecule has 0 unspecified atom stereocenters. The number of halogens is 1. The zero-order valence-corrected chi connectivity index (χ0v) is 23.0. The van der Waals surface area contributed by atoms with Crippen molar-refractivity contribution in [3.63, 3.8) is 0 Å². The van der Waals surface area contributed by atoms with Crippen LogP contribution in [0.1, 0.15) is 18.7 Å². The van der Waals surface area contributed by atoms with Gasteiger partial charge in [-0.3, -0.25) is 24.1 Å². The average Bonchev–Trinajstić information content (AvgIpc) is 3.02. The van der Waals surface area contributed by atoms with Crippen LogP contribution in [0, 0.1) is 0 Å². The number of nitrogens with zero attached hydrogens (tertiary/aromatic N) is 5. The number of para-hydroxylation sites is 1. The molecule has 0 radical (unpaired) electrons. The van der Waals surface area contributed by atoms with Crippen LogP contribution in [0.5, 0.6) is 0 Å². The molecule has 1 atom stereocenters. The highest BCUT2D eigenvalue weighted by molar-refractivity contribution is 6.36. The summed E-state index contributed by atoms with van der Waals surface area (Å²) in [6, 6.07) is 21.6. The van der Waals surface area contributed by atoms with Crippen LogP contribution in [0.4, 0.5) is 5.82 Å². The zero-order valence-electron chi connectivity index (χ0n) is 22.2. The summed E-state index contributed by atoms with van der Waals surface area (Å²) in [6.07, 6.45) is 6.21. The zero-order chi connectivity index (χ0) is 28.8. The SMILES string of the molecule is C[C@H](Nc1ncnc2[nH]ccc(=O)c12)c1c(Cl)c2cccc(-c3ccc4nccnc4c3)c2c(=O)n1-c1ccccc1. The minimum absolute atomic E-state index is 0.228. The summed E-state index contributed by atoms with van der Waals surface area (Å²) in [6.45, 7) is 1.88. The number of benzene rings is 3. The Balaban J connectivity index is 1.48. The van der Waals surface area contributed by atoms with Crippen molar-refractivity contribution in [2.75, 3.05) is 5.32 Å². The number of aromatic nitrogens is 6. The van der Waals surface area contributed by atoms with Crippen molar-refractivity contribution in [1.82, 2.24) is 29.5 Å². The molecule has 42 heavy (non-hydrogen) atoms. The molecule has 204 valence electrons. The number of nitrogens with one attached hydrogen (secondary N) is 2. The molecule has 0 aliphatic rings. The normalized spacial score (nSPS) is 12.1. The molecule has 0 aliphatic carbocycles. The van der Waals surface area contributed by atoms with Gasteiger partial charge in [0.25, 0.3) is 5.56 Å². The van der Waals surface area contributed by atoms with Crippen molar-refractivity contribution >= 4 is 50.3 Å². The topological polar surface area (TPSA) is 118 Å². The molecule has 7 aromatic rings. The summed E-state index contributed by atoms with van der Waals surface area (Å²) in [4.78, 5) is 47.6. The average molecular weight is 572 g/mol. The Morgan fingerprint density at radius 1 is 0.857 bits per heavy atom. The molecule has 0 spiro atoms. The first-order valence-electron chi connectivity index (χ1n) is 13.2. The van der Waals surface area contributed by atoms with E-state index in [4.69, 9.17) is 11.6 Å². The Hall–Kier alpha value is -5.41. The van der Waals surface area contributed by atoms with Crippen LogP contribution < -0.4 is 16.3 Å². The highest BCUT2D eigenvalue weighted by atomic mass is 35.5. The number of rotatable bonds is 5. The molecule has 0 bridgehead atoms. The van der Waals surface area contributed by atoms with E-state index < -0.39 is 6.04 Å². The number of pyridine rings is 2. The lowest BCUT2D eigenvalue weighted by molar-refractivity contribution is 0.774. The highest BCUT2D eigenvalue weighted by Gasteiger charge is 2.24. The van der Waals surface area contributed by atoms with E-state index in [1.165, 1.54) is 18.6 Å². The Morgan fingerprint density at radius 3 is 2.50 bits per heavy atom. The molecule has 3 aromatic carbocycles. The van der Waals surface area contributed by atoms with Gasteiger partial charge in [0, 0.05) is 35.7 Å². The van der Waals surface area contributed by atoms with Crippen molar-refractivity contribution < 1.29 is 0 Å². The van der Waals surface area contributed by atoms with Crippen molar-refractivity contribution in [1.29, 1.82) is 0 Å². The van der Waals surface area contributed by atoms with Crippen molar-refractivity contribution in [2.24, 2.45) is 0 Å². The summed E-state index contributed by atoms with van der Waals surface area (Å²) in [5.74, 6) is 0.337. The van der Waals surface area contributed by atoms with Crippen LogP contribution >= 0.6 is 11.6 Å².